The highest BCUT2D eigenvalue weighted by atomic mass is 19.1. The number of aromatic hydroxyl groups is 1. The number of hydrogen-bond acceptors (Lipinski definition) is 5. The van der Waals surface area contributed by atoms with Crippen LogP contribution < -0.4 is 10.1 Å². The lowest BCUT2D eigenvalue weighted by Crippen LogP contribution is -2.53. The van der Waals surface area contributed by atoms with Gasteiger partial charge in [0.05, 0.1) is 7.11 Å². The number of rotatable bonds is 5. The molecule has 36 heavy (non-hydrogen) atoms. The molecule has 1 saturated heterocycles. The first kappa shape index (κ1) is 24.1. The van der Waals surface area contributed by atoms with Gasteiger partial charge in [-0.1, -0.05) is 12.1 Å². The molecule has 9 heteroatoms. The third kappa shape index (κ3) is 3.69. The Bertz CT molecular complexity index is 1380. The average molecular weight is 495 g/mol. The van der Waals surface area contributed by atoms with Crippen molar-refractivity contribution >= 4 is 22.8 Å². The molecular formula is C27H31FN4O4. The molecule has 1 fully saturated rings. The Morgan fingerprint density at radius 3 is 2.67 bits per heavy atom. The molecule has 2 aromatic carbocycles. The van der Waals surface area contributed by atoms with Gasteiger partial charge in [0.2, 0.25) is 0 Å². The number of aromatic nitrogens is 1. The fraction of sp³-hybridized carbons (Fsp3) is 0.407. The summed E-state index contributed by atoms with van der Waals surface area (Å²) in [6.45, 7) is 8.56. The van der Waals surface area contributed by atoms with Crippen LogP contribution in [0.25, 0.3) is 10.9 Å². The molecule has 190 valence electrons. The summed E-state index contributed by atoms with van der Waals surface area (Å²) < 4.78 is 19.7. The highest BCUT2D eigenvalue weighted by Gasteiger charge is 2.60. The van der Waals surface area contributed by atoms with Gasteiger partial charge in [0.15, 0.2) is 11.6 Å². The maximum atomic E-state index is 14.5. The van der Waals surface area contributed by atoms with Crippen LogP contribution in [-0.2, 0) is 11.2 Å². The van der Waals surface area contributed by atoms with E-state index < -0.39 is 17.4 Å². The minimum atomic E-state index is -1.15. The van der Waals surface area contributed by atoms with Gasteiger partial charge in [-0.2, -0.15) is 0 Å². The zero-order chi connectivity index (χ0) is 26.0. The molecule has 2 aliphatic heterocycles. The number of nitrogens with one attached hydrogen (secondary N) is 2. The second-order valence-corrected chi connectivity index (χ2v) is 10.8. The Labute approximate surface area is 209 Å². The van der Waals surface area contributed by atoms with Gasteiger partial charge >= 0.3 is 6.03 Å². The Balaban J connectivity index is 1.66. The molecular weight excluding hydrogens is 463 g/mol. The molecule has 0 spiro atoms. The van der Waals surface area contributed by atoms with E-state index in [0.29, 0.717) is 23.3 Å². The number of phenolic OH excluding ortho intramolecular Hbond substituents is 1. The highest BCUT2D eigenvalue weighted by Crippen LogP contribution is 2.49. The van der Waals surface area contributed by atoms with E-state index in [1.165, 1.54) is 18.1 Å². The Hall–Kier alpha value is -3.59. The van der Waals surface area contributed by atoms with E-state index in [0.717, 1.165) is 10.9 Å². The van der Waals surface area contributed by atoms with Gasteiger partial charge in [0.25, 0.3) is 5.91 Å². The van der Waals surface area contributed by atoms with Crippen LogP contribution in [0.1, 0.15) is 50.6 Å². The van der Waals surface area contributed by atoms with Crippen molar-refractivity contribution in [2.45, 2.75) is 51.2 Å². The lowest BCUT2D eigenvalue weighted by atomic mass is 9.81. The van der Waals surface area contributed by atoms with Crippen LogP contribution >= 0.6 is 0 Å². The van der Waals surface area contributed by atoms with Crippen LogP contribution in [0.2, 0.25) is 0 Å². The number of carbonyl (C=O) groups is 2. The van der Waals surface area contributed by atoms with Gasteiger partial charge in [-0.25, -0.2) is 9.18 Å². The van der Waals surface area contributed by atoms with E-state index in [4.69, 9.17) is 4.74 Å². The van der Waals surface area contributed by atoms with Crippen molar-refractivity contribution in [3.63, 3.8) is 0 Å². The molecule has 3 amide bonds. The van der Waals surface area contributed by atoms with Crippen molar-refractivity contribution in [2.24, 2.45) is 0 Å². The van der Waals surface area contributed by atoms with Crippen LogP contribution in [-0.4, -0.2) is 63.1 Å². The highest BCUT2D eigenvalue weighted by molar-refractivity contribution is 6.08. The van der Waals surface area contributed by atoms with E-state index in [1.807, 2.05) is 26.8 Å². The fourth-order valence-electron chi connectivity index (χ4n) is 5.45. The summed E-state index contributed by atoms with van der Waals surface area (Å²) in [6, 6.07) is 8.60. The largest absolute Gasteiger partial charge is 0.508 e. The number of benzene rings is 2. The van der Waals surface area contributed by atoms with Crippen LogP contribution in [0.4, 0.5) is 9.18 Å². The molecule has 2 unspecified atom stereocenters. The summed E-state index contributed by atoms with van der Waals surface area (Å²) in [7, 11) is 1.41. The third-order valence-electron chi connectivity index (χ3n) is 7.12. The van der Waals surface area contributed by atoms with Crippen LogP contribution in [0.3, 0.4) is 0 Å². The number of H-pyrrole nitrogens is 1. The first-order valence-corrected chi connectivity index (χ1v) is 12.0. The van der Waals surface area contributed by atoms with Gasteiger partial charge in [-0.05, 0) is 57.0 Å². The van der Waals surface area contributed by atoms with Crippen LogP contribution in [0.5, 0.6) is 11.5 Å². The zero-order valence-electron chi connectivity index (χ0n) is 21.1. The number of carbonyl (C=O) groups excluding carboxylic acids is 2. The van der Waals surface area contributed by atoms with Crippen molar-refractivity contribution in [2.75, 3.05) is 20.2 Å². The zero-order valence-corrected chi connectivity index (χ0v) is 21.1. The van der Waals surface area contributed by atoms with E-state index in [1.54, 1.807) is 36.1 Å². The van der Waals surface area contributed by atoms with Crippen molar-refractivity contribution < 1.29 is 23.8 Å². The summed E-state index contributed by atoms with van der Waals surface area (Å²) in [5.74, 6) is -0.625. The van der Waals surface area contributed by atoms with E-state index in [2.05, 4.69) is 10.3 Å². The SMILES string of the molecule is COc1cc2c3c([nH]c2cc1F)C(c1cccc(O)c1)N1C(=O)N(CCNC(C)(C)C)C(=O)C1(C)C3. The van der Waals surface area contributed by atoms with Gasteiger partial charge in [0, 0.05) is 47.7 Å². The number of imide groups is 1. The molecule has 8 nitrogen and oxygen atoms in total. The van der Waals surface area contributed by atoms with Gasteiger partial charge in [-0.3, -0.25) is 14.6 Å². The average Bonchev–Trinajstić information content (AvgIpc) is 3.23. The quantitative estimate of drug-likeness (QED) is 0.465. The summed E-state index contributed by atoms with van der Waals surface area (Å²) in [5.41, 5.74) is 1.41. The Kier molecular flexibility index (Phi) is 5.51. The third-order valence-corrected chi connectivity index (χ3v) is 7.12. The summed E-state index contributed by atoms with van der Waals surface area (Å²) in [4.78, 5) is 33.8. The molecule has 3 N–H and O–H groups in total. The molecule has 0 radical (unpaired) electrons. The number of fused-ring (bicyclic) bond motifs is 4. The lowest BCUT2D eigenvalue weighted by Gasteiger charge is -2.42. The summed E-state index contributed by atoms with van der Waals surface area (Å²) >= 11 is 0. The number of halogens is 1. The Morgan fingerprint density at radius 1 is 1.25 bits per heavy atom. The predicted molar refractivity (Wildman–Crippen MR) is 134 cm³/mol. The van der Waals surface area contributed by atoms with E-state index in [-0.39, 0.29) is 41.9 Å². The number of hydrogen-bond donors (Lipinski definition) is 3. The number of aromatic amines is 1. The lowest BCUT2D eigenvalue weighted by molar-refractivity contribution is -0.133. The summed E-state index contributed by atoms with van der Waals surface area (Å²) in [6.07, 6.45) is 0.264. The van der Waals surface area contributed by atoms with Gasteiger partial charge in [0.1, 0.15) is 17.3 Å². The Morgan fingerprint density at radius 2 is 2.00 bits per heavy atom. The first-order chi connectivity index (χ1) is 16.9. The normalized spacial score (nSPS) is 21.8. The molecule has 2 aliphatic rings. The van der Waals surface area contributed by atoms with Crippen molar-refractivity contribution in [1.82, 2.24) is 20.1 Å². The van der Waals surface area contributed by atoms with E-state index in [9.17, 15) is 19.1 Å². The molecule has 3 heterocycles. The number of ether oxygens (including phenoxy) is 1. The number of nitrogens with zero attached hydrogens (tertiary/aromatic N) is 2. The number of methoxy groups -OCH3 is 1. The van der Waals surface area contributed by atoms with Crippen molar-refractivity contribution in [3.8, 4) is 11.5 Å². The maximum Gasteiger partial charge on any atom is 0.328 e. The second kappa shape index (κ2) is 8.23. The fourth-order valence-corrected chi connectivity index (χ4v) is 5.45. The van der Waals surface area contributed by atoms with Gasteiger partial charge in [-0.15, -0.1) is 0 Å². The minimum Gasteiger partial charge on any atom is -0.508 e. The topological polar surface area (TPSA) is 97.9 Å². The summed E-state index contributed by atoms with van der Waals surface area (Å²) in [5, 5.41) is 14.3. The van der Waals surface area contributed by atoms with Crippen LogP contribution in [0.15, 0.2) is 36.4 Å². The van der Waals surface area contributed by atoms with Gasteiger partial charge < -0.3 is 20.1 Å². The monoisotopic (exact) mass is 494 g/mol. The standard InChI is InChI=1S/C27H31FN4O4/c1-26(2,3)29-9-10-31-24(34)27(4)14-18-17-12-21(36-5)19(28)13-20(17)30-22(18)23(32(27)25(31)35)15-7-6-8-16(33)11-15/h6-8,11-13,23,29-30,33H,9-10,14H2,1-5H3. The number of amides is 3. The molecule has 0 bridgehead atoms. The van der Waals surface area contributed by atoms with Crippen LogP contribution in [0, 0.1) is 5.82 Å². The van der Waals surface area contributed by atoms with Crippen molar-refractivity contribution in [3.05, 3.63) is 59.0 Å². The predicted octanol–water partition coefficient (Wildman–Crippen LogP) is 4.08. The van der Waals surface area contributed by atoms with Crippen molar-refractivity contribution in [1.29, 1.82) is 0 Å². The minimum absolute atomic E-state index is 0.0503. The molecule has 2 atom stereocenters. The second-order valence-electron chi connectivity index (χ2n) is 10.8. The molecule has 0 aliphatic carbocycles. The molecule has 5 rings (SSSR count). The number of phenols is 1. The first-order valence-electron chi connectivity index (χ1n) is 12.0. The smallest absolute Gasteiger partial charge is 0.328 e. The molecule has 3 aromatic rings. The maximum absolute atomic E-state index is 14.5. The number of urea groups is 1. The molecule has 1 aromatic heterocycles. The molecule has 0 saturated carbocycles. The van der Waals surface area contributed by atoms with E-state index >= 15 is 0 Å².